The van der Waals surface area contributed by atoms with Crippen molar-refractivity contribution in [3.05, 3.63) is 71.9 Å². The summed E-state index contributed by atoms with van der Waals surface area (Å²) in [6, 6.07) is 19.9. The summed E-state index contributed by atoms with van der Waals surface area (Å²) in [7, 11) is 1.63. The molecule has 1 N–H and O–H groups in total. The number of nitrogens with one attached hydrogen (secondary N) is 1. The Morgan fingerprint density at radius 3 is 2.38 bits per heavy atom. The standard InChI is InChI=1S/C27H29N5O2/c1-18-4-6-20(7-5-18)24-17-25-28-19(2)16-26(32(25)30-24)31-14-12-21(13-15-31)27(33)29-22-8-10-23(34-3)11-9-22/h4-11,16-17,21H,12-15H2,1-3H3,(H,29,33). The van der Waals surface area contributed by atoms with E-state index in [9.17, 15) is 4.79 Å². The summed E-state index contributed by atoms with van der Waals surface area (Å²) in [4.78, 5) is 19.8. The fourth-order valence-corrected chi connectivity index (χ4v) is 4.46. The number of ether oxygens (including phenoxy) is 1. The number of hydrogen-bond donors (Lipinski definition) is 1. The lowest BCUT2D eigenvalue weighted by Crippen LogP contribution is -2.39. The molecule has 1 aliphatic rings. The summed E-state index contributed by atoms with van der Waals surface area (Å²) in [5, 5.41) is 7.92. The maximum atomic E-state index is 12.8. The minimum Gasteiger partial charge on any atom is -0.497 e. The number of hydrogen-bond acceptors (Lipinski definition) is 5. The van der Waals surface area contributed by atoms with E-state index in [1.54, 1.807) is 7.11 Å². The van der Waals surface area contributed by atoms with E-state index in [4.69, 9.17) is 14.8 Å². The van der Waals surface area contributed by atoms with Crippen molar-refractivity contribution in [3.8, 4) is 17.0 Å². The molecule has 0 radical (unpaired) electrons. The Morgan fingerprint density at radius 1 is 1.00 bits per heavy atom. The van der Waals surface area contributed by atoms with Crippen molar-refractivity contribution in [2.45, 2.75) is 26.7 Å². The molecule has 0 aliphatic carbocycles. The smallest absolute Gasteiger partial charge is 0.227 e. The lowest BCUT2D eigenvalue weighted by Gasteiger charge is -2.33. The zero-order valence-corrected chi connectivity index (χ0v) is 19.8. The molecule has 3 heterocycles. The van der Waals surface area contributed by atoms with Gasteiger partial charge in [-0.05, 0) is 51.0 Å². The minimum atomic E-state index is -0.0162. The largest absolute Gasteiger partial charge is 0.497 e. The number of fused-ring (bicyclic) bond motifs is 1. The Labute approximate surface area is 199 Å². The number of aryl methyl sites for hydroxylation is 2. The molecular formula is C27H29N5O2. The van der Waals surface area contributed by atoms with Gasteiger partial charge in [-0.25, -0.2) is 4.98 Å². The van der Waals surface area contributed by atoms with Crippen LogP contribution in [0.1, 0.15) is 24.1 Å². The SMILES string of the molecule is COc1ccc(NC(=O)C2CCN(c3cc(C)nc4cc(-c5ccc(C)cc5)nn34)CC2)cc1. The van der Waals surface area contributed by atoms with E-state index < -0.39 is 0 Å². The molecule has 0 unspecified atom stereocenters. The number of piperidine rings is 1. The van der Waals surface area contributed by atoms with Crippen molar-refractivity contribution in [3.63, 3.8) is 0 Å². The molecule has 0 bridgehead atoms. The highest BCUT2D eigenvalue weighted by Gasteiger charge is 2.27. The molecule has 2 aromatic carbocycles. The van der Waals surface area contributed by atoms with E-state index in [1.807, 2.05) is 41.8 Å². The van der Waals surface area contributed by atoms with Gasteiger partial charge in [-0.1, -0.05) is 29.8 Å². The summed E-state index contributed by atoms with van der Waals surface area (Å²) >= 11 is 0. The number of anilines is 2. The average molecular weight is 456 g/mol. The van der Waals surface area contributed by atoms with Crippen LogP contribution in [0.5, 0.6) is 5.75 Å². The van der Waals surface area contributed by atoms with Crippen molar-refractivity contribution in [1.29, 1.82) is 0 Å². The van der Waals surface area contributed by atoms with Gasteiger partial charge >= 0.3 is 0 Å². The van der Waals surface area contributed by atoms with Crippen LogP contribution >= 0.6 is 0 Å². The van der Waals surface area contributed by atoms with Crippen LogP contribution in [0.15, 0.2) is 60.7 Å². The van der Waals surface area contributed by atoms with Gasteiger partial charge in [0.15, 0.2) is 5.65 Å². The summed E-state index contributed by atoms with van der Waals surface area (Å²) in [6.07, 6.45) is 1.58. The molecule has 1 fully saturated rings. The zero-order chi connectivity index (χ0) is 23.7. The maximum Gasteiger partial charge on any atom is 0.227 e. The van der Waals surface area contributed by atoms with Gasteiger partial charge < -0.3 is 15.0 Å². The predicted octanol–water partition coefficient (Wildman–Crippen LogP) is 4.88. The Kier molecular flexibility index (Phi) is 5.92. The monoisotopic (exact) mass is 455 g/mol. The fraction of sp³-hybridized carbons (Fsp3) is 0.296. The third kappa shape index (κ3) is 4.46. The van der Waals surface area contributed by atoms with Crippen LogP contribution in [0.4, 0.5) is 11.5 Å². The first kappa shape index (κ1) is 21.9. The molecule has 2 aromatic heterocycles. The number of carbonyl (C=O) groups is 1. The maximum absolute atomic E-state index is 12.8. The highest BCUT2D eigenvalue weighted by atomic mass is 16.5. The topological polar surface area (TPSA) is 71.8 Å². The van der Waals surface area contributed by atoms with Gasteiger partial charge in [0.05, 0.1) is 12.8 Å². The van der Waals surface area contributed by atoms with Crippen LogP contribution in [0.25, 0.3) is 16.9 Å². The molecule has 0 atom stereocenters. The number of carbonyl (C=O) groups excluding carboxylic acids is 1. The molecule has 7 heteroatoms. The quantitative estimate of drug-likeness (QED) is 0.465. The predicted molar refractivity (Wildman–Crippen MR) is 134 cm³/mol. The van der Waals surface area contributed by atoms with Gasteiger partial charge in [-0.2, -0.15) is 9.61 Å². The van der Waals surface area contributed by atoms with E-state index >= 15 is 0 Å². The van der Waals surface area contributed by atoms with Crippen molar-refractivity contribution in [1.82, 2.24) is 14.6 Å². The van der Waals surface area contributed by atoms with E-state index in [1.165, 1.54) is 5.56 Å². The Hall–Kier alpha value is -3.87. The van der Waals surface area contributed by atoms with Crippen LogP contribution in [0.2, 0.25) is 0 Å². The molecule has 1 aliphatic heterocycles. The van der Waals surface area contributed by atoms with Gasteiger partial charge in [0, 0.05) is 48.1 Å². The van der Waals surface area contributed by atoms with Gasteiger partial charge in [0.25, 0.3) is 0 Å². The number of benzene rings is 2. The first-order valence-electron chi connectivity index (χ1n) is 11.6. The molecule has 0 saturated carbocycles. The summed E-state index contributed by atoms with van der Waals surface area (Å²) < 4.78 is 7.12. The van der Waals surface area contributed by atoms with E-state index in [-0.39, 0.29) is 11.8 Å². The van der Waals surface area contributed by atoms with Crippen molar-refractivity contribution in [2.75, 3.05) is 30.4 Å². The lowest BCUT2D eigenvalue weighted by molar-refractivity contribution is -0.120. The van der Waals surface area contributed by atoms with Crippen LogP contribution < -0.4 is 15.0 Å². The van der Waals surface area contributed by atoms with Gasteiger partial charge in [-0.15, -0.1) is 0 Å². The molecule has 34 heavy (non-hydrogen) atoms. The van der Waals surface area contributed by atoms with E-state index in [0.717, 1.165) is 65.8 Å². The molecule has 174 valence electrons. The molecule has 5 rings (SSSR count). The van der Waals surface area contributed by atoms with Gasteiger partial charge in [-0.3, -0.25) is 4.79 Å². The molecule has 7 nitrogen and oxygen atoms in total. The number of methoxy groups -OCH3 is 1. The van der Waals surface area contributed by atoms with Crippen LogP contribution in [0, 0.1) is 19.8 Å². The molecule has 1 amide bonds. The third-order valence-corrected chi connectivity index (χ3v) is 6.43. The highest BCUT2D eigenvalue weighted by Crippen LogP contribution is 2.28. The molecular weight excluding hydrogens is 426 g/mol. The molecule has 0 spiro atoms. The van der Waals surface area contributed by atoms with Gasteiger partial charge in [0.2, 0.25) is 5.91 Å². The summed E-state index contributed by atoms with van der Waals surface area (Å²) in [5.74, 6) is 1.85. The number of rotatable bonds is 5. The fourth-order valence-electron chi connectivity index (χ4n) is 4.46. The van der Waals surface area contributed by atoms with E-state index in [2.05, 4.69) is 47.5 Å². The second kappa shape index (κ2) is 9.17. The lowest BCUT2D eigenvalue weighted by atomic mass is 9.95. The highest BCUT2D eigenvalue weighted by molar-refractivity contribution is 5.92. The summed E-state index contributed by atoms with van der Waals surface area (Å²) in [6.45, 7) is 5.67. The second-order valence-corrected chi connectivity index (χ2v) is 8.90. The van der Waals surface area contributed by atoms with Crippen molar-refractivity contribution in [2.24, 2.45) is 5.92 Å². The average Bonchev–Trinajstić information content (AvgIpc) is 3.28. The van der Waals surface area contributed by atoms with Crippen LogP contribution in [-0.2, 0) is 4.79 Å². The first-order chi connectivity index (χ1) is 16.5. The minimum absolute atomic E-state index is 0.0162. The van der Waals surface area contributed by atoms with E-state index in [0.29, 0.717) is 0 Å². The Morgan fingerprint density at radius 2 is 1.71 bits per heavy atom. The van der Waals surface area contributed by atoms with Gasteiger partial charge in [0.1, 0.15) is 11.6 Å². The van der Waals surface area contributed by atoms with Crippen molar-refractivity contribution < 1.29 is 9.53 Å². The Bertz CT molecular complexity index is 1300. The number of aromatic nitrogens is 3. The summed E-state index contributed by atoms with van der Waals surface area (Å²) in [5.41, 5.74) is 5.80. The zero-order valence-electron chi connectivity index (χ0n) is 19.8. The normalized spacial score (nSPS) is 14.4. The second-order valence-electron chi connectivity index (χ2n) is 8.90. The van der Waals surface area contributed by atoms with Crippen LogP contribution in [-0.4, -0.2) is 40.7 Å². The third-order valence-electron chi connectivity index (χ3n) is 6.43. The first-order valence-corrected chi connectivity index (χ1v) is 11.6. The van der Waals surface area contributed by atoms with Crippen LogP contribution in [0.3, 0.4) is 0 Å². The molecule has 1 saturated heterocycles. The number of amides is 1. The number of nitrogens with zero attached hydrogens (tertiary/aromatic N) is 4. The van der Waals surface area contributed by atoms with Crippen molar-refractivity contribution >= 4 is 23.1 Å². The Balaban J connectivity index is 1.31. The molecule has 4 aromatic rings.